The molecule has 2 N–H and O–H groups in total. The number of rotatable bonds is 7. The third kappa shape index (κ3) is 5.66. The standard InChI is InChI=1S/C27H21N9OS/c1-16-12-23(34-27-35-24(13-28)38-36-27)33-25(31-16)20-9-11-22(30-15-20)26(37)32-17(2)19-8-10-21(29-14-19)18-6-4-3-5-7-18/h3-12,14-15,17H,1-2H3,(H,32,37)(H,31,33,34,36). The molecule has 0 radical (unpaired) electrons. The van der Waals surface area contributed by atoms with Gasteiger partial charge in [0.1, 0.15) is 17.6 Å². The zero-order chi connectivity index (χ0) is 26.5. The molecule has 5 aromatic rings. The number of aromatic nitrogens is 6. The summed E-state index contributed by atoms with van der Waals surface area (Å²) in [7, 11) is 0. The highest BCUT2D eigenvalue weighted by Gasteiger charge is 2.15. The number of amides is 1. The van der Waals surface area contributed by atoms with Crippen molar-refractivity contribution in [1.29, 1.82) is 5.26 Å². The van der Waals surface area contributed by atoms with Crippen LogP contribution in [0.1, 0.15) is 39.7 Å². The van der Waals surface area contributed by atoms with Gasteiger partial charge >= 0.3 is 0 Å². The predicted molar refractivity (Wildman–Crippen MR) is 143 cm³/mol. The van der Waals surface area contributed by atoms with Crippen LogP contribution in [-0.2, 0) is 0 Å². The SMILES string of the molecule is Cc1cc(Nc2nsc(C#N)n2)nc(-c2ccc(C(=O)NC(C)c3ccc(-c4ccccc4)nc3)nc2)n1. The zero-order valence-corrected chi connectivity index (χ0v) is 21.3. The Morgan fingerprint density at radius 2 is 1.82 bits per heavy atom. The predicted octanol–water partition coefficient (Wildman–Crippen LogP) is 4.87. The minimum absolute atomic E-state index is 0.254. The van der Waals surface area contributed by atoms with Crippen LogP contribution in [0.25, 0.3) is 22.6 Å². The number of hydrogen-bond donors (Lipinski definition) is 2. The van der Waals surface area contributed by atoms with Gasteiger partial charge in [-0.15, -0.1) is 0 Å². The van der Waals surface area contributed by atoms with Crippen molar-refractivity contribution in [3.05, 3.63) is 95.0 Å². The lowest BCUT2D eigenvalue weighted by molar-refractivity contribution is 0.0935. The fourth-order valence-corrected chi connectivity index (χ4v) is 4.08. The van der Waals surface area contributed by atoms with Crippen LogP contribution in [-0.4, -0.2) is 35.2 Å². The molecule has 0 aliphatic carbocycles. The molecule has 11 heteroatoms. The van der Waals surface area contributed by atoms with E-state index in [1.165, 1.54) is 0 Å². The van der Waals surface area contributed by atoms with Crippen LogP contribution in [0.15, 0.2) is 73.1 Å². The molecule has 5 rings (SSSR count). The quantitative estimate of drug-likeness (QED) is 0.308. The number of aryl methyl sites for hydroxylation is 1. The first-order valence-electron chi connectivity index (χ1n) is 11.6. The van der Waals surface area contributed by atoms with Crippen molar-refractivity contribution >= 4 is 29.2 Å². The third-order valence-corrected chi connectivity index (χ3v) is 6.19. The summed E-state index contributed by atoms with van der Waals surface area (Å²) in [5.41, 5.74) is 4.43. The van der Waals surface area contributed by atoms with Crippen molar-refractivity contribution in [3.63, 3.8) is 0 Å². The summed E-state index contributed by atoms with van der Waals surface area (Å²) >= 11 is 1.00. The summed E-state index contributed by atoms with van der Waals surface area (Å²) in [5, 5.41) is 15.1. The maximum absolute atomic E-state index is 12.8. The molecule has 1 atom stereocenters. The largest absolute Gasteiger partial charge is 0.344 e. The van der Waals surface area contributed by atoms with Crippen molar-refractivity contribution in [3.8, 4) is 28.7 Å². The minimum atomic E-state index is -0.299. The van der Waals surface area contributed by atoms with E-state index in [4.69, 9.17) is 5.26 Å². The maximum atomic E-state index is 12.8. The lowest BCUT2D eigenvalue weighted by Crippen LogP contribution is -2.27. The minimum Gasteiger partial charge on any atom is -0.344 e. The molecule has 0 saturated heterocycles. The first kappa shape index (κ1) is 24.6. The summed E-state index contributed by atoms with van der Waals surface area (Å²) in [5.74, 6) is 0.907. The number of nitrogens with zero attached hydrogens (tertiary/aromatic N) is 7. The Morgan fingerprint density at radius 1 is 0.974 bits per heavy atom. The van der Waals surface area contributed by atoms with Crippen LogP contribution in [0.5, 0.6) is 0 Å². The van der Waals surface area contributed by atoms with Crippen LogP contribution in [0.3, 0.4) is 0 Å². The highest BCUT2D eigenvalue weighted by atomic mass is 32.1. The molecule has 0 aliphatic heterocycles. The number of hydrogen-bond acceptors (Lipinski definition) is 10. The number of benzene rings is 1. The second kappa shape index (κ2) is 10.9. The fraction of sp³-hybridized carbons (Fsp3) is 0.111. The molecule has 1 unspecified atom stereocenters. The zero-order valence-electron chi connectivity index (χ0n) is 20.5. The number of anilines is 2. The van der Waals surface area contributed by atoms with Crippen molar-refractivity contribution in [2.24, 2.45) is 0 Å². The molecule has 38 heavy (non-hydrogen) atoms. The van der Waals surface area contributed by atoms with Crippen molar-refractivity contribution in [2.75, 3.05) is 5.32 Å². The monoisotopic (exact) mass is 519 g/mol. The second-order valence-electron chi connectivity index (χ2n) is 8.35. The Balaban J connectivity index is 1.26. The Morgan fingerprint density at radius 3 is 2.50 bits per heavy atom. The smallest absolute Gasteiger partial charge is 0.270 e. The third-order valence-electron chi connectivity index (χ3n) is 5.57. The van der Waals surface area contributed by atoms with E-state index >= 15 is 0 Å². The average Bonchev–Trinajstić information content (AvgIpc) is 3.41. The van der Waals surface area contributed by atoms with Crippen LogP contribution in [0, 0.1) is 18.3 Å². The Bertz CT molecular complexity index is 1610. The number of nitrogens with one attached hydrogen (secondary N) is 2. The van der Waals surface area contributed by atoms with Crippen molar-refractivity contribution in [2.45, 2.75) is 19.9 Å². The van der Waals surface area contributed by atoms with E-state index in [0.29, 0.717) is 23.2 Å². The molecule has 186 valence electrons. The molecule has 0 fully saturated rings. The Labute approximate surface area is 222 Å². The van der Waals surface area contributed by atoms with Crippen molar-refractivity contribution < 1.29 is 4.79 Å². The molecular weight excluding hydrogens is 498 g/mol. The average molecular weight is 520 g/mol. The number of carbonyl (C=O) groups is 1. The summed E-state index contributed by atoms with van der Waals surface area (Å²) in [4.78, 5) is 34.7. The summed E-state index contributed by atoms with van der Waals surface area (Å²) in [6.45, 7) is 3.74. The van der Waals surface area contributed by atoms with E-state index < -0.39 is 0 Å². The number of carbonyl (C=O) groups excluding carboxylic acids is 1. The van der Waals surface area contributed by atoms with Crippen LogP contribution in [0.2, 0.25) is 0 Å². The molecule has 0 saturated carbocycles. The molecular formula is C27H21N9OS. The highest BCUT2D eigenvalue weighted by molar-refractivity contribution is 7.06. The number of pyridine rings is 2. The van der Waals surface area contributed by atoms with Crippen LogP contribution < -0.4 is 10.6 Å². The first-order valence-corrected chi connectivity index (χ1v) is 12.4. The molecule has 4 heterocycles. The number of nitriles is 1. The van der Waals surface area contributed by atoms with E-state index in [9.17, 15) is 4.79 Å². The molecule has 4 aromatic heterocycles. The van der Waals surface area contributed by atoms with E-state index in [0.717, 1.165) is 34.0 Å². The molecule has 0 aliphatic rings. The van der Waals surface area contributed by atoms with E-state index in [-0.39, 0.29) is 22.7 Å². The highest BCUT2D eigenvalue weighted by Crippen LogP contribution is 2.21. The normalized spacial score (nSPS) is 11.4. The van der Waals surface area contributed by atoms with Crippen LogP contribution >= 0.6 is 11.5 Å². The topological polar surface area (TPSA) is 142 Å². The van der Waals surface area contributed by atoms with Gasteiger partial charge in [-0.05, 0) is 49.1 Å². The molecule has 1 amide bonds. The fourth-order valence-electron chi connectivity index (χ4n) is 3.65. The lowest BCUT2D eigenvalue weighted by Gasteiger charge is -2.14. The summed E-state index contributed by atoms with van der Waals surface area (Å²) in [6.07, 6.45) is 3.33. The van der Waals surface area contributed by atoms with Gasteiger partial charge in [0, 0.05) is 35.3 Å². The lowest BCUT2D eigenvalue weighted by atomic mass is 10.1. The van der Waals surface area contributed by atoms with Gasteiger partial charge in [0.25, 0.3) is 5.91 Å². The Kier molecular flexibility index (Phi) is 7.06. The van der Waals surface area contributed by atoms with Crippen molar-refractivity contribution in [1.82, 2.24) is 34.6 Å². The van der Waals surface area contributed by atoms with E-state index in [2.05, 4.69) is 39.9 Å². The second-order valence-corrected chi connectivity index (χ2v) is 9.10. The Hall–Kier alpha value is -5.08. The molecule has 10 nitrogen and oxygen atoms in total. The van der Waals surface area contributed by atoms with Gasteiger partial charge in [0.15, 0.2) is 5.82 Å². The van der Waals surface area contributed by atoms with Gasteiger partial charge in [-0.1, -0.05) is 36.4 Å². The van der Waals surface area contributed by atoms with Gasteiger partial charge in [-0.2, -0.15) is 14.6 Å². The van der Waals surface area contributed by atoms with E-state index in [1.54, 1.807) is 30.6 Å². The summed E-state index contributed by atoms with van der Waals surface area (Å²) < 4.78 is 4.08. The van der Waals surface area contributed by atoms with Gasteiger partial charge in [-0.3, -0.25) is 14.8 Å². The van der Waals surface area contributed by atoms with Gasteiger partial charge in [-0.25, -0.2) is 9.97 Å². The van der Waals surface area contributed by atoms with Gasteiger partial charge in [0.05, 0.1) is 11.7 Å². The van der Waals surface area contributed by atoms with Gasteiger partial charge in [0.2, 0.25) is 11.0 Å². The molecule has 1 aromatic carbocycles. The molecule has 0 bridgehead atoms. The first-order chi connectivity index (χ1) is 18.5. The van der Waals surface area contributed by atoms with E-state index in [1.807, 2.05) is 62.4 Å². The van der Waals surface area contributed by atoms with Gasteiger partial charge < -0.3 is 10.6 Å². The maximum Gasteiger partial charge on any atom is 0.270 e. The van der Waals surface area contributed by atoms with Crippen LogP contribution in [0.4, 0.5) is 11.8 Å². The summed E-state index contributed by atoms with van der Waals surface area (Å²) in [6, 6.07) is 20.6. The molecule has 0 spiro atoms.